The van der Waals surface area contributed by atoms with Crippen LogP contribution in [0.3, 0.4) is 0 Å². The summed E-state index contributed by atoms with van der Waals surface area (Å²) >= 11 is 6.03. The summed E-state index contributed by atoms with van der Waals surface area (Å²) in [6.45, 7) is 3.77. The molecule has 1 aromatic carbocycles. The van der Waals surface area contributed by atoms with E-state index in [0.717, 1.165) is 6.41 Å². The van der Waals surface area contributed by atoms with Crippen LogP contribution in [0.5, 0.6) is 5.75 Å². The zero-order valence-electron chi connectivity index (χ0n) is 14.4. The van der Waals surface area contributed by atoms with Crippen LogP contribution in [0, 0.1) is 0 Å². The number of nitrogens with zero attached hydrogens (tertiary/aromatic N) is 3. The van der Waals surface area contributed by atoms with Crippen molar-refractivity contribution in [1.82, 2.24) is 9.80 Å². The van der Waals surface area contributed by atoms with Crippen molar-refractivity contribution in [3.05, 3.63) is 23.2 Å². The van der Waals surface area contributed by atoms with E-state index in [1.54, 1.807) is 28.0 Å². The minimum Gasteiger partial charge on any atom is -0.495 e. The summed E-state index contributed by atoms with van der Waals surface area (Å²) < 4.78 is 5.29. The van der Waals surface area contributed by atoms with Crippen molar-refractivity contribution in [3.63, 3.8) is 0 Å². The maximum Gasteiger partial charge on any atom is 0.224 e. The molecule has 3 amide bonds. The monoisotopic (exact) mass is 367 g/mol. The van der Waals surface area contributed by atoms with Crippen molar-refractivity contribution in [3.8, 4) is 5.75 Å². The van der Waals surface area contributed by atoms with E-state index in [0.29, 0.717) is 42.6 Å². The molecule has 0 unspecified atom stereocenters. The van der Waals surface area contributed by atoms with Gasteiger partial charge in [-0.25, -0.2) is 0 Å². The standard InChI is InChI=1S/C17H22ClN3O4/c1-13(23)21(15-11-14(18)3-4-16(15)25-2)6-5-17(24)20-9-7-19(12-22)8-10-20/h3-4,11-12H,5-10H2,1-2H3. The first-order valence-electron chi connectivity index (χ1n) is 8.05. The van der Waals surface area contributed by atoms with Crippen LogP contribution >= 0.6 is 11.6 Å². The zero-order valence-corrected chi connectivity index (χ0v) is 15.2. The van der Waals surface area contributed by atoms with Crippen LogP contribution in [-0.4, -0.2) is 67.9 Å². The molecule has 0 atom stereocenters. The summed E-state index contributed by atoms with van der Waals surface area (Å²) in [5.74, 6) is 0.281. The molecule has 1 heterocycles. The van der Waals surface area contributed by atoms with E-state index >= 15 is 0 Å². The highest BCUT2D eigenvalue weighted by Crippen LogP contribution is 2.31. The minimum atomic E-state index is -0.195. The molecule has 0 bridgehead atoms. The lowest BCUT2D eigenvalue weighted by Gasteiger charge is -2.33. The number of hydrogen-bond acceptors (Lipinski definition) is 4. The smallest absolute Gasteiger partial charge is 0.224 e. The zero-order chi connectivity index (χ0) is 18.4. The molecule has 0 spiro atoms. The number of halogens is 1. The third-order valence-corrected chi connectivity index (χ3v) is 4.41. The van der Waals surface area contributed by atoms with Gasteiger partial charge in [-0.1, -0.05) is 11.6 Å². The van der Waals surface area contributed by atoms with Gasteiger partial charge in [0.15, 0.2) is 0 Å². The topological polar surface area (TPSA) is 70.2 Å². The van der Waals surface area contributed by atoms with Gasteiger partial charge in [0.25, 0.3) is 0 Å². The summed E-state index contributed by atoms with van der Waals surface area (Å²) in [6.07, 6.45) is 0.987. The predicted octanol–water partition coefficient (Wildman–Crippen LogP) is 1.39. The molecule has 0 saturated carbocycles. The van der Waals surface area contributed by atoms with Crippen molar-refractivity contribution in [2.75, 3.05) is 44.7 Å². The van der Waals surface area contributed by atoms with Crippen LogP contribution in [0.25, 0.3) is 0 Å². The lowest BCUT2D eigenvalue weighted by atomic mass is 10.2. The van der Waals surface area contributed by atoms with Crippen molar-refractivity contribution in [2.24, 2.45) is 0 Å². The molecule has 1 fully saturated rings. The lowest BCUT2D eigenvalue weighted by Crippen LogP contribution is -2.48. The fraction of sp³-hybridized carbons (Fsp3) is 0.471. The number of anilines is 1. The highest BCUT2D eigenvalue weighted by molar-refractivity contribution is 6.31. The molecule has 1 aliphatic heterocycles. The molecular weight excluding hydrogens is 346 g/mol. The first-order valence-corrected chi connectivity index (χ1v) is 8.43. The number of ether oxygens (including phenoxy) is 1. The Balaban J connectivity index is 2.03. The number of methoxy groups -OCH3 is 1. The van der Waals surface area contributed by atoms with Gasteiger partial charge in [-0.15, -0.1) is 0 Å². The van der Waals surface area contributed by atoms with Gasteiger partial charge in [-0.2, -0.15) is 0 Å². The molecule has 1 saturated heterocycles. The Morgan fingerprint density at radius 1 is 1.28 bits per heavy atom. The number of benzene rings is 1. The first-order chi connectivity index (χ1) is 12.0. The van der Waals surface area contributed by atoms with Gasteiger partial charge >= 0.3 is 0 Å². The third kappa shape index (κ3) is 4.85. The number of carbonyl (C=O) groups is 3. The molecule has 0 N–H and O–H groups in total. The summed E-state index contributed by atoms with van der Waals surface area (Å²) in [5, 5.41) is 0.485. The Kier molecular flexibility index (Phi) is 6.64. The van der Waals surface area contributed by atoms with E-state index in [4.69, 9.17) is 16.3 Å². The number of hydrogen-bond donors (Lipinski definition) is 0. The van der Waals surface area contributed by atoms with Crippen molar-refractivity contribution in [1.29, 1.82) is 0 Å². The number of carbonyl (C=O) groups excluding carboxylic acids is 3. The Labute approximate surface area is 152 Å². The average molecular weight is 368 g/mol. The van der Waals surface area contributed by atoms with Crippen LogP contribution in [0.4, 0.5) is 5.69 Å². The van der Waals surface area contributed by atoms with Gasteiger partial charge in [0.05, 0.1) is 12.8 Å². The Hall–Kier alpha value is -2.28. The Morgan fingerprint density at radius 3 is 2.52 bits per heavy atom. The number of amides is 3. The Bertz CT molecular complexity index is 645. The van der Waals surface area contributed by atoms with E-state index < -0.39 is 0 Å². The molecular formula is C17H22ClN3O4. The highest BCUT2D eigenvalue weighted by atomic mass is 35.5. The van der Waals surface area contributed by atoms with E-state index in [1.165, 1.54) is 18.9 Å². The van der Waals surface area contributed by atoms with Gasteiger partial charge in [0.1, 0.15) is 5.75 Å². The third-order valence-electron chi connectivity index (χ3n) is 4.18. The number of rotatable bonds is 6. The second-order valence-corrected chi connectivity index (χ2v) is 6.20. The second-order valence-electron chi connectivity index (χ2n) is 5.76. The van der Waals surface area contributed by atoms with Gasteiger partial charge < -0.3 is 19.4 Å². The first kappa shape index (κ1) is 19.1. The van der Waals surface area contributed by atoms with Gasteiger partial charge in [0.2, 0.25) is 18.2 Å². The quantitative estimate of drug-likeness (QED) is 0.712. The summed E-state index contributed by atoms with van der Waals surface area (Å²) in [7, 11) is 1.52. The largest absolute Gasteiger partial charge is 0.495 e. The fourth-order valence-corrected chi connectivity index (χ4v) is 2.93. The molecule has 1 aliphatic rings. The average Bonchev–Trinajstić information content (AvgIpc) is 2.61. The minimum absolute atomic E-state index is 0.0437. The maximum atomic E-state index is 12.4. The molecule has 2 rings (SSSR count). The SMILES string of the molecule is COc1ccc(Cl)cc1N(CCC(=O)N1CCN(C=O)CC1)C(C)=O. The van der Waals surface area contributed by atoms with E-state index in [-0.39, 0.29) is 24.8 Å². The van der Waals surface area contributed by atoms with Crippen LogP contribution in [0.2, 0.25) is 5.02 Å². The Morgan fingerprint density at radius 2 is 1.96 bits per heavy atom. The van der Waals surface area contributed by atoms with Gasteiger partial charge in [0, 0.05) is 51.1 Å². The summed E-state index contributed by atoms with van der Waals surface area (Å²) in [4.78, 5) is 40.0. The molecule has 0 radical (unpaired) electrons. The lowest BCUT2D eigenvalue weighted by molar-refractivity contribution is -0.135. The normalized spacial score (nSPS) is 14.2. The summed E-state index contributed by atoms with van der Waals surface area (Å²) in [6, 6.07) is 5.02. The highest BCUT2D eigenvalue weighted by Gasteiger charge is 2.23. The molecule has 136 valence electrons. The van der Waals surface area contributed by atoms with Gasteiger partial charge in [-0.05, 0) is 18.2 Å². The molecule has 0 aliphatic carbocycles. The number of piperazine rings is 1. The molecule has 25 heavy (non-hydrogen) atoms. The van der Waals surface area contributed by atoms with Crippen LogP contribution < -0.4 is 9.64 Å². The predicted molar refractivity (Wildman–Crippen MR) is 94.9 cm³/mol. The molecule has 7 nitrogen and oxygen atoms in total. The van der Waals surface area contributed by atoms with E-state index in [1.807, 2.05) is 0 Å². The van der Waals surface area contributed by atoms with Crippen molar-refractivity contribution >= 4 is 35.5 Å². The van der Waals surface area contributed by atoms with Crippen molar-refractivity contribution < 1.29 is 19.1 Å². The van der Waals surface area contributed by atoms with Crippen LogP contribution in [-0.2, 0) is 14.4 Å². The maximum absolute atomic E-state index is 12.4. The van der Waals surface area contributed by atoms with Gasteiger partial charge in [-0.3, -0.25) is 14.4 Å². The van der Waals surface area contributed by atoms with E-state index in [2.05, 4.69) is 0 Å². The fourth-order valence-electron chi connectivity index (χ4n) is 2.76. The van der Waals surface area contributed by atoms with Crippen LogP contribution in [0.1, 0.15) is 13.3 Å². The molecule has 0 aromatic heterocycles. The van der Waals surface area contributed by atoms with E-state index in [9.17, 15) is 14.4 Å². The van der Waals surface area contributed by atoms with Crippen LogP contribution in [0.15, 0.2) is 18.2 Å². The molecule has 8 heteroatoms. The molecule has 1 aromatic rings. The second kappa shape index (κ2) is 8.71. The summed E-state index contributed by atoms with van der Waals surface area (Å²) in [5.41, 5.74) is 0.543. The van der Waals surface area contributed by atoms with Crippen molar-refractivity contribution in [2.45, 2.75) is 13.3 Å².